The van der Waals surface area contributed by atoms with Crippen molar-refractivity contribution in [3.8, 4) is 0 Å². The summed E-state index contributed by atoms with van der Waals surface area (Å²) in [4.78, 5) is 0. The van der Waals surface area contributed by atoms with Gasteiger partial charge in [0.1, 0.15) is 0 Å². The number of anilines is 1. The normalized spacial score (nSPS) is 16.5. The Balaban J connectivity index is 1.86. The van der Waals surface area contributed by atoms with E-state index in [1.807, 2.05) is 18.2 Å². The molecule has 1 nitrogen and oxygen atoms in total. The van der Waals surface area contributed by atoms with Crippen LogP contribution in [0, 0.1) is 0 Å². The van der Waals surface area contributed by atoms with Gasteiger partial charge >= 0.3 is 0 Å². The lowest BCUT2D eigenvalue weighted by atomic mass is 10.0. The summed E-state index contributed by atoms with van der Waals surface area (Å²) in [6.07, 6.45) is 2.37. The van der Waals surface area contributed by atoms with Gasteiger partial charge in [0, 0.05) is 10.7 Å². The third-order valence-corrected chi connectivity index (χ3v) is 3.52. The summed E-state index contributed by atoms with van der Waals surface area (Å²) in [6.45, 7) is 0. The number of hydrogen-bond acceptors (Lipinski definition) is 1. The zero-order chi connectivity index (χ0) is 11.7. The van der Waals surface area contributed by atoms with Crippen LogP contribution in [-0.4, -0.2) is 0 Å². The standard InChI is InChI=1S/C15H14ClN/c16-13-7-4-8-14(11-13)17-15(9-10-15)12-5-2-1-3-6-12/h1-8,11,17H,9-10H2. The highest BCUT2D eigenvalue weighted by Crippen LogP contribution is 2.48. The minimum absolute atomic E-state index is 0.131. The summed E-state index contributed by atoms with van der Waals surface area (Å²) in [7, 11) is 0. The van der Waals surface area contributed by atoms with Gasteiger partial charge in [-0.1, -0.05) is 48.0 Å². The Morgan fingerprint density at radius 1 is 0.941 bits per heavy atom. The molecule has 1 N–H and O–H groups in total. The summed E-state index contributed by atoms with van der Waals surface area (Å²) >= 11 is 6.00. The first-order valence-electron chi connectivity index (χ1n) is 5.88. The van der Waals surface area contributed by atoms with Gasteiger partial charge < -0.3 is 5.32 Å². The lowest BCUT2D eigenvalue weighted by molar-refractivity contribution is 0.808. The second kappa shape index (κ2) is 4.08. The second-order valence-electron chi connectivity index (χ2n) is 4.58. The lowest BCUT2D eigenvalue weighted by Crippen LogP contribution is -2.18. The Labute approximate surface area is 106 Å². The first-order chi connectivity index (χ1) is 8.28. The van der Waals surface area contributed by atoms with Gasteiger partial charge in [-0.25, -0.2) is 0 Å². The van der Waals surface area contributed by atoms with Crippen LogP contribution in [-0.2, 0) is 5.54 Å². The zero-order valence-electron chi connectivity index (χ0n) is 9.49. The molecule has 2 aromatic carbocycles. The Bertz CT molecular complexity index is 517. The topological polar surface area (TPSA) is 12.0 Å². The molecular formula is C15H14ClN. The van der Waals surface area contributed by atoms with Crippen LogP contribution in [0.4, 0.5) is 5.69 Å². The van der Waals surface area contributed by atoms with Crippen LogP contribution < -0.4 is 5.32 Å². The Hall–Kier alpha value is -1.47. The molecule has 1 saturated carbocycles. The molecule has 1 fully saturated rings. The predicted octanol–water partition coefficient (Wildman–Crippen LogP) is 4.44. The average molecular weight is 244 g/mol. The molecule has 0 spiro atoms. The molecule has 0 bridgehead atoms. The van der Waals surface area contributed by atoms with E-state index in [9.17, 15) is 0 Å². The van der Waals surface area contributed by atoms with Crippen molar-refractivity contribution in [3.05, 3.63) is 65.2 Å². The van der Waals surface area contributed by atoms with E-state index in [1.54, 1.807) is 0 Å². The van der Waals surface area contributed by atoms with E-state index >= 15 is 0 Å². The first kappa shape index (κ1) is 10.7. The largest absolute Gasteiger partial charge is 0.375 e. The van der Waals surface area contributed by atoms with Gasteiger partial charge in [0.05, 0.1) is 5.54 Å². The number of rotatable bonds is 3. The molecule has 0 aromatic heterocycles. The van der Waals surface area contributed by atoms with Gasteiger partial charge in [-0.2, -0.15) is 0 Å². The molecule has 2 heteroatoms. The molecule has 1 aliphatic rings. The van der Waals surface area contributed by atoms with Crippen LogP contribution in [0.1, 0.15) is 18.4 Å². The third kappa shape index (κ3) is 2.16. The van der Waals surface area contributed by atoms with E-state index in [1.165, 1.54) is 18.4 Å². The van der Waals surface area contributed by atoms with Gasteiger partial charge in [0.25, 0.3) is 0 Å². The highest BCUT2D eigenvalue weighted by molar-refractivity contribution is 6.30. The zero-order valence-corrected chi connectivity index (χ0v) is 10.2. The smallest absolute Gasteiger partial charge is 0.0627 e. The summed E-state index contributed by atoms with van der Waals surface area (Å²) in [5.41, 5.74) is 2.59. The molecule has 0 amide bonds. The molecule has 0 saturated heterocycles. The SMILES string of the molecule is Clc1cccc(NC2(c3ccccc3)CC2)c1. The monoisotopic (exact) mass is 243 g/mol. The van der Waals surface area contributed by atoms with Gasteiger partial charge in [0.15, 0.2) is 0 Å². The molecule has 0 heterocycles. The minimum Gasteiger partial charge on any atom is -0.375 e. The molecule has 17 heavy (non-hydrogen) atoms. The van der Waals surface area contributed by atoms with E-state index in [0.717, 1.165) is 10.7 Å². The van der Waals surface area contributed by atoms with Gasteiger partial charge in [0.2, 0.25) is 0 Å². The van der Waals surface area contributed by atoms with Crippen molar-refractivity contribution in [3.63, 3.8) is 0 Å². The summed E-state index contributed by atoms with van der Waals surface area (Å²) in [5.74, 6) is 0. The molecular weight excluding hydrogens is 230 g/mol. The van der Waals surface area contributed by atoms with Crippen molar-refractivity contribution in [1.82, 2.24) is 0 Å². The van der Waals surface area contributed by atoms with E-state index in [0.29, 0.717) is 0 Å². The molecule has 0 radical (unpaired) electrons. The van der Waals surface area contributed by atoms with E-state index < -0.39 is 0 Å². The maximum Gasteiger partial charge on any atom is 0.0627 e. The van der Waals surface area contributed by atoms with Gasteiger partial charge in [-0.3, -0.25) is 0 Å². The summed E-state index contributed by atoms with van der Waals surface area (Å²) in [5, 5.41) is 4.38. The molecule has 0 unspecified atom stereocenters. The van der Waals surface area contributed by atoms with Crippen LogP contribution >= 0.6 is 11.6 Å². The minimum atomic E-state index is 0.131. The Morgan fingerprint density at radius 3 is 2.35 bits per heavy atom. The van der Waals surface area contributed by atoms with Crippen molar-refractivity contribution in [1.29, 1.82) is 0 Å². The molecule has 1 aliphatic carbocycles. The Kier molecular flexibility index (Phi) is 2.56. The van der Waals surface area contributed by atoms with Crippen molar-refractivity contribution >= 4 is 17.3 Å². The van der Waals surface area contributed by atoms with E-state index in [-0.39, 0.29) is 5.54 Å². The second-order valence-corrected chi connectivity index (χ2v) is 5.02. The molecule has 0 atom stereocenters. The highest BCUT2D eigenvalue weighted by Gasteiger charge is 2.44. The third-order valence-electron chi connectivity index (χ3n) is 3.28. The number of benzene rings is 2. The maximum absolute atomic E-state index is 6.00. The molecule has 0 aliphatic heterocycles. The van der Waals surface area contributed by atoms with Crippen molar-refractivity contribution in [2.24, 2.45) is 0 Å². The molecule has 3 rings (SSSR count). The van der Waals surface area contributed by atoms with Crippen molar-refractivity contribution < 1.29 is 0 Å². The maximum atomic E-state index is 6.00. The summed E-state index contributed by atoms with van der Waals surface area (Å²) in [6, 6.07) is 18.5. The quantitative estimate of drug-likeness (QED) is 0.840. The van der Waals surface area contributed by atoms with Gasteiger partial charge in [-0.05, 0) is 36.6 Å². The van der Waals surface area contributed by atoms with Crippen LogP contribution in [0.2, 0.25) is 5.02 Å². The Morgan fingerprint density at radius 2 is 1.71 bits per heavy atom. The lowest BCUT2D eigenvalue weighted by Gasteiger charge is -2.19. The highest BCUT2D eigenvalue weighted by atomic mass is 35.5. The molecule has 86 valence electrons. The van der Waals surface area contributed by atoms with Crippen molar-refractivity contribution in [2.75, 3.05) is 5.32 Å². The fourth-order valence-electron chi connectivity index (χ4n) is 2.21. The average Bonchev–Trinajstić information content (AvgIpc) is 3.11. The van der Waals surface area contributed by atoms with E-state index in [2.05, 4.69) is 41.7 Å². The van der Waals surface area contributed by atoms with Crippen LogP contribution in [0.15, 0.2) is 54.6 Å². The van der Waals surface area contributed by atoms with Crippen molar-refractivity contribution in [2.45, 2.75) is 18.4 Å². The van der Waals surface area contributed by atoms with E-state index in [4.69, 9.17) is 11.6 Å². The number of nitrogens with one attached hydrogen (secondary N) is 1. The van der Waals surface area contributed by atoms with Gasteiger partial charge in [-0.15, -0.1) is 0 Å². The van der Waals surface area contributed by atoms with Crippen LogP contribution in [0.3, 0.4) is 0 Å². The van der Waals surface area contributed by atoms with Crippen LogP contribution in [0.5, 0.6) is 0 Å². The predicted molar refractivity (Wildman–Crippen MR) is 72.4 cm³/mol. The first-order valence-corrected chi connectivity index (χ1v) is 6.26. The van der Waals surface area contributed by atoms with Crippen LogP contribution in [0.25, 0.3) is 0 Å². The molecule has 2 aromatic rings. The summed E-state index contributed by atoms with van der Waals surface area (Å²) < 4.78 is 0. The number of hydrogen-bond donors (Lipinski definition) is 1. The fraction of sp³-hybridized carbons (Fsp3) is 0.200. The fourth-order valence-corrected chi connectivity index (χ4v) is 2.40. The number of halogens is 1.